The topological polar surface area (TPSA) is 9.72 Å². The molecule has 0 bridgehead atoms. The zero-order valence-electron chi connectivity index (χ0n) is 87.8. The van der Waals surface area contributed by atoms with Crippen molar-refractivity contribution in [2.45, 2.75) is 291 Å². The molecular weight excluding hydrogens is 1700 g/mol. The number of hydrogen-bond acceptors (Lipinski definition) is 3. The van der Waals surface area contributed by atoms with Crippen molar-refractivity contribution in [2.24, 2.45) is 0 Å². The molecule has 2 aliphatic rings. The van der Waals surface area contributed by atoms with E-state index in [1.165, 1.54) is 368 Å². The maximum absolute atomic E-state index is 2.56. The average molecular weight is 1860 g/mol. The van der Waals surface area contributed by atoms with Crippen LogP contribution in [0.25, 0.3) is 100 Å². The molecule has 0 amide bonds. The molecule has 0 saturated heterocycles. The zero-order chi connectivity index (χ0) is 98.1. The Balaban J connectivity index is 0.000000164. The minimum Gasteiger partial charge on any atom is -0.345 e. The van der Waals surface area contributed by atoms with Gasteiger partial charge in [0.15, 0.2) is 0 Å². The summed E-state index contributed by atoms with van der Waals surface area (Å²) >= 11 is 0. The molecule has 15 aromatic carbocycles. The van der Waals surface area contributed by atoms with Crippen molar-refractivity contribution in [1.29, 1.82) is 0 Å². The van der Waals surface area contributed by atoms with Gasteiger partial charge in [-0.05, 0) is 303 Å². The number of nitrogens with zero attached hydrogens (tertiary/aromatic N) is 3. The first-order valence-electron chi connectivity index (χ1n) is 54.9. The smallest absolute Gasteiger partial charge is 0.0411 e. The Kier molecular flexibility index (Phi) is 38.0. The summed E-state index contributed by atoms with van der Waals surface area (Å²) < 4.78 is 0. The van der Waals surface area contributed by atoms with Crippen LogP contribution in [0.1, 0.15) is 297 Å². The van der Waals surface area contributed by atoms with Crippen LogP contribution in [0, 0.1) is 20.8 Å². The van der Waals surface area contributed by atoms with E-state index in [-0.39, 0.29) is 10.8 Å². The maximum Gasteiger partial charge on any atom is 0.0411 e. The van der Waals surface area contributed by atoms with Gasteiger partial charge in [0.1, 0.15) is 0 Å². The van der Waals surface area contributed by atoms with E-state index in [0.717, 1.165) is 12.8 Å². The highest BCUT2D eigenvalue weighted by molar-refractivity contribution is 5.88. The van der Waals surface area contributed by atoms with Gasteiger partial charge in [0.05, 0.1) is 0 Å². The molecule has 0 aliphatic heterocycles. The van der Waals surface area contributed by atoms with Gasteiger partial charge in [0, 0.05) is 66.1 Å². The van der Waals surface area contributed by atoms with Crippen molar-refractivity contribution in [3.63, 3.8) is 0 Å². The van der Waals surface area contributed by atoms with Crippen LogP contribution in [-0.4, -0.2) is 21.1 Å². The van der Waals surface area contributed by atoms with E-state index in [4.69, 9.17) is 0 Å². The lowest BCUT2D eigenvalue weighted by Gasteiger charge is -2.33. The molecule has 17 rings (SSSR count). The van der Waals surface area contributed by atoms with E-state index < -0.39 is 0 Å². The number of hydrogen-bond donors (Lipinski definition) is 0. The molecule has 0 spiro atoms. The third kappa shape index (κ3) is 26.2. The summed E-state index contributed by atoms with van der Waals surface area (Å²) in [5, 5.41) is 0. The first kappa shape index (κ1) is 103. The minimum absolute atomic E-state index is 0.0783. The highest BCUT2D eigenvalue weighted by Crippen LogP contribution is 2.58. The Morgan fingerprint density at radius 2 is 0.418 bits per heavy atom. The van der Waals surface area contributed by atoms with Crippen LogP contribution in [0.3, 0.4) is 0 Å². The van der Waals surface area contributed by atoms with Gasteiger partial charge in [-0.2, -0.15) is 0 Å². The number of aryl methyl sites for hydroxylation is 5. The standard InChI is InChI=1S/C57H59N.C42H55N.C39H47N/c1-5-7-9-16-35-57(36-17-10-8-6-2)55-24-15-14-23-53(55)54-34-33-52(41-56(54)57)58(4)51-31-29-45(30-32-51)49-38-48(44-27-25-42(3)26-28-44)39-50(40-49)47-22-18-21-46(37-47)43-19-12-11-13-20-43;1-5-7-9-11-13-16-20-37-33-42(36-28-30-40(31-29-36)43(4)39-22-18-15-19-23-39)38(21-17-14-12-10-8-6-2)32-41(37)35-26-24-34(3)25-27-35;1-5-7-9-13-27-39(28-14-10-8-6-2)37-16-12-11-15-35(37)36-26-25-34(29-38(36)39)40(4)33-23-21-32(22-24-33)31-19-17-30(3)18-20-31/h11-15,18-34,37-41H,5-10,16-17,35-36H2,1-4H3;15,18-19,22-33H,5-14,16-17,20-21H2,1-4H3;11-12,15-26,29H,5-10,13-14,27-28H2,1-4H3. The molecule has 0 fully saturated rings. The first-order valence-corrected chi connectivity index (χ1v) is 54.9. The fourth-order valence-corrected chi connectivity index (χ4v) is 22.5. The maximum atomic E-state index is 2.56. The molecule has 0 unspecified atom stereocenters. The molecule has 3 heteroatoms. The number of para-hydroxylation sites is 1. The molecule has 0 heterocycles. The van der Waals surface area contributed by atoms with Crippen LogP contribution in [-0.2, 0) is 23.7 Å². The Hall–Kier alpha value is -12.3. The zero-order valence-corrected chi connectivity index (χ0v) is 87.8. The summed E-state index contributed by atoms with van der Waals surface area (Å²) in [4.78, 5) is 7.02. The summed E-state index contributed by atoms with van der Waals surface area (Å²) in [6, 6.07) is 130. The number of anilines is 6. The molecule has 728 valence electrons. The van der Waals surface area contributed by atoms with Crippen LogP contribution in [0.4, 0.5) is 34.1 Å². The summed E-state index contributed by atoms with van der Waals surface area (Å²) in [5.74, 6) is 0. The molecule has 0 aromatic heterocycles. The minimum atomic E-state index is 0.0783. The SMILES string of the molecule is CCCCCCC1(CCCCCC)c2ccccc2-c2ccc(N(C)c3ccc(-c4cc(-c5ccc(C)cc5)cc(-c5cccc(-c6ccccc6)c5)c4)cc3)cc21.CCCCCCC1(CCCCCC)c2ccccc2-c2ccc(N(C)c3ccc(-c4ccc(C)cc4)cc3)cc21.CCCCCCCCc1cc(-c2ccc(N(C)c3ccccc3)cc2)c(CCCCCCCC)cc1-c1ccc(C)cc1. The molecule has 2 aliphatic carbocycles. The Labute approximate surface area is 851 Å². The molecule has 0 saturated carbocycles. The third-order valence-corrected chi connectivity index (χ3v) is 31.0. The van der Waals surface area contributed by atoms with E-state index in [1.807, 2.05) is 0 Å². The number of unbranched alkanes of at least 4 members (excludes halogenated alkanes) is 22. The van der Waals surface area contributed by atoms with E-state index >= 15 is 0 Å². The van der Waals surface area contributed by atoms with Gasteiger partial charge >= 0.3 is 0 Å². The summed E-state index contributed by atoms with van der Waals surface area (Å²) in [6.45, 7) is 20.4. The van der Waals surface area contributed by atoms with Gasteiger partial charge in [-0.25, -0.2) is 0 Å². The molecule has 0 atom stereocenters. The molecule has 141 heavy (non-hydrogen) atoms. The normalized spacial score (nSPS) is 12.3. The predicted molar refractivity (Wildman–Crippen MR) is 617 cm³/mol. The van der Waals surface area contributed by atoms with Crippen LogP contribution in [0.5, 0.6) is 0 Å². The number of rotatable bonds is 47. The average Bonchev–Trinajstić information content (AvgIpc) is 1.56. The quantitative estimate of drug-likeness (QED) is 0.0352. The second-order valence-electron chi connectivity index (χ2n) is 41.2. The van der Waals surface area contributed by atoms with Crippen LogP contribution in [0.2, 0.25) is 0 Å². The van der Waals surface area contributed by atoms with Gasteiger partial charge in [-0.1, -0.05) is 474 Å². The highest BCUT2D eigenvalue weighted by Gasteiger charge is 2.44. The lowest BCUT2D eigenvalue weighted by Crippen LogP contribution is -2.26. The van der Waals surface area contributed by atoms with E-state index in [2.05, 4.69) is 444 Å². The first-order chi connectivity index (χ1) is 69.1. The van der Waals surface area contributed by atoms with Crippen molar-refractivity contribution in [1.82, 2.24) is 0 Å². The largest absolute Gasteiger partial charge is 0.345 e. The third-order valence-electron chi connectivity index (χ3n) is 31.0. The van der Waals surface area contributed by atoms with E-state index in [1.54, 1.807) is 22.3 Å². The molecule has 3 nitrogen and oxygen atoms in total. The second kappa shape index (κ2) is 51.9. The summed E-state index contributed by atoms with van der Waals surface area (Å²) in [6.07, 6.45) is 44.1. The monoisotopic (exact) mass is 1860 g/mol. The van der Waals surface area contributed by atoms with Gasteiger partial charge in [-0.3, -0.25) is 0 Å². The summed E-state index contributed by atoms with van der Waals surface area (Å²) in [5.41, 5.74) is 44.4. The van der Waals surface area contributed by atoms with Crippen molar-refractivity contribution < 1.29 is 0 Å². The van der Waals surface area contributed by atoms with Crippen molar-refractivity contribution >= 4 is 34.1 Å². The van der Waals surface area contributed by atoms with Gasteiger partial charge in [0.2, 0.25) is 0 Å². The van der Waals surface area contributed by atoms with Gasteiger partial charge < -0.3 is 14.7 Å². The fourth-order valence-electron chi connectivity index (χ4n) is 22.5. The number of benzene rings is 15. The molecular formula is C138H161N3. The Morgan fingerprint density at radius 3 is 0.794 bits per heavy atom. The fraction of sp³-hybridized carbons (Fsp3) is 0.348. The lowest BCUT2D eigenvalue weighted by atomic mass is 9.70. The van der Waals surface area contributed by atoms with Crippen LogP contribution < -0.4 is 14.7 Å². The lowest BCUT2D eigenvalue weighted by molar-refractivity contribution is 0.401. The van der Waals surface area contributed by atoms with Crippen molar-refractivity contribution in [3.05, 3.63) is 396 Å². The second-order valence-corrected chi connectivity index (χ2v) is 41.2. The summed E-state index contributed by atoms with van der Waals surface area (Å²) in [7, 11) is 6.61. The Bertz CT molecular complexity index is 6330. The molecule has 15 aromatic rings. The van der Waals surface area contributed by atoms with Crippen LogP contribution >= 0.6 is 0 Å². The predicted octanol–water partition coefficient (Wildman–Crippen LogP) is 41.2. The van der Waals surface area contributed by atoms with Crippen molar-refractivity contribution in [2.75, 3.05) is 35.8 Å². The van der Waals surface area contributed by atoms with Crippen molar-refractivity contribution in [3.8, 4) is 100 Å². The highest BCUT2D eigenvalue weighted by atomic mass is 15.1. The van der Waals surface area contributed by atoms with E-state index in [9.17, 15) is 0 Å². The van der Waals surface area contributed by atoms with E-state index in [0.29, 0.717) is 0 Å². The van der Waals surface area contributed by atoms with Gasteiger partial charge in [0.25, 0.3) is 0 Å². The molecule has 0 radical (unpaired) electrons. The number of fused-ring (bicyclic) bond motifs is 6. The Morgan fingerprint density at radius 1 is 0.170 bits per heavy atom. The van der Waals surface area contributed by atoms with Gasteiger partial charge in [-0.15, -0.1) is 0 Å². The van der Waals surface area contributed by atoms with Crippen LogP contribution in [0.15, 0.2) is 346 Å². The molecule has 0 N–H and O–H groups in total.